The van der Waals surface area contributed by atoms with E-state index >= 15 is 0 Å². The van der Waals surface area contributed by atoms with Gasteiger partial charge in [-0.05, 0) is 75.1 Å². The zero-order valence-corrected chi connectivity index (χ0v) is 25.0. The molecule has 3 aliphatic rings. The SMILES string of the molecule is CC.CC1(C)CC(NC(=O)CCC2COc3ccccc3C2)c2cc(CCCCC3CC(=O)NC(N)=N3)ccc2O1. The fourth-order valence-corrected chi connectivity index (χ4v) is 5.92. The Balaban J connectivity index is 0.00000189. The Morgan fingerprint density at radius 2 is 1.90 bits per heavy atom. The summed E-state index contributed by atoms with van der Waals surface area (Å²) in [5, 5.41) is 5.86. The fraction of sp³-hybridized carbons (Fsp3) is 0.545. The third-order valence-electron chi connectivity index (χ3n) is 7.87. The molecule has 5 rings (SSSR count). The van der Waals surface area contributed by atoms with Crippen LogP contribution in [0.15, 0.2) is 47.5 Å². The maximum Gasteiger partial charge on any atom is 0.228 e. The first-order valence-electron chi connectivity index (χ1n) is 15.2. The minimum Gasteiger partial charge on any atom is -0.493 e. The van der Waals surface area contributed by atoms with Crippen LogP contribution in [0.2, 0.25) is 0 Å². The lowest BCUT2D eigenvalue weighted by atomic mass is 9.88. The van der Waals surface area contributed by atoms with Gasteiger partial charge in [-0.2, -0.15) is 0 Å². The van der Waals surface area contributed by atoms with Gasteiger partial charge in [0.25, 0.3) is 0 Å². The second-order valence-electron chi connectivity index (χ2n) is 11.8. The average molecular weight is 563 g/mol. The van der Waals surface area contributed by atoms with Gasteiger partial charge in [0, 0.05) is 24.8 Å². The van der Waals surface area contributed by atoms with Crippen molar-refractivity contribution in [3.63, 3.8) is 0 Å². The Hall–Kier alpha value is -3.55. The molecule has 8 nitrogen and oxygen atoms in total. The summed E-state index contributed by atoms with van der Waals surface area (Å²) >= 11 is 0. The molecular formula is C33H46N4O4. The highest BCUT2D eigenvalue weighted by Gasteiger charge is 2.35. The summed E-state index contributed by atoms with van der Waals surface area (Å²) in [6, 6.07) is 14.4. The number of unbranched alkanes of at least 4 members (excludes halogenated alkanes) is 1. The van der Waals surface area contributed by atoms with Crippen LogP contribution in [-0.2, 0) is 22.4 Å². The van der Waals surface area contributed by atoms with Crippen molar-refractivity contribution in [1.29, 1.82) is 0 Å². The van der Waals surface area contributed by atoms with E-state index in [1.165, 1.54) is 11.1 Å². The predicted molar refractivity (Wildman–Crippen MR) is 162 cm³/mol. The number of aliphatic imine (C=N–C) groups is 1. The van der Waals surface area contributed by atoms with Crippen LogP contribution in [0.25, 0.3) is 0 Å². The first-order chi connectivity index (χ1) is 19.7. The number of rotatable bonds is 9. The molecule has 2 amide bonds. The first kappa shape index (κ1) is 30.4. The molecule has 0 saturated heterocycles. The molecule has 2 aromatic carbocycles. The molecule has 2 aromatic rings. The highest BCUT2D eigenvalue weighted by molar-refractivity contribution is 5.98. The Labute approximate surface area is 244 Å². The van der Waals surface area contributed by atoms with E-state index in [9.17, 15) is 9.59 Å². The van der Waals surface area contributed by atoms with Crippen LogP contribution in [0.1, 0.15) is 95.4 Å². The maximum atomic E-state index is 13.1. The van der Waals surface area contributed by atoms with E-state index in [4.69, 9.17) is 15.2 Å². The zero-order chi connectivity index (χ0) is 29.4. The molecule has 3 atom stereocenters. The van der Waals surface area contributed by atoms with Crippen LogP contribution >= 0.6 is 0 Å². The molecule has 0 aliphatic carbocycles. The molecule has 3 aliphatic heterocycles. The van der Waals surface area contributed by atoms with Gasteiger partial charge in [-0.15, -0.1) is 0 Å². The molecule has 3 unspecified atom stereocenters. The van der Waals surface area contributed by atoms with Gasteiger partial charge in [0.05, 0.1) is 18.7 Å². The van der Waals surface area contributed by atoms with E-state index in [0.717, 1.165) is 62.0 Å². The lowest BCUT2D eigenvalue weighted by molar-refractivity contribution is -0.123. The number of nitrogens with one attached hydrogen (secondary N) is 2. The monoisotopic (exact) mass is 562 g/mol. The number of aryl methyl sites for hydroxylation is 1. The van der Waals surface area contributed by atoms with Crippen molar-refractivity contribution in [2.45, 2.75) is 103 Å². The summed E-state index contributed by atoms with van der Waals surface area (Å²) in [5.41, 5.74) is 8.83. The molecule has 41 heavy (non-hydrogen) atoms. The third kappa shape index (κ3) is 8.47. The van der Waals surface area contributed by atoms with E-state index in [-0.39, 0.29) is 35.5 Å². The molecule has 4 N–H and O–H groups in total. The normalized spacial score (nSPS) is 22.3. The molecule has 0 saturated carbocycles. The van der Waals surface area contributed by atoms with E-state index in [1.807, 2.05) is 38.1 Å². The van der Waals surface area contributed by atoms with Gasteiger partial charge in [-0.3, -0.25) is 14.9 Å². The van der Waals surface area contributed by atoms with Gasteiger partial charge in [-0.1, -0.05) is 50.6 Å². The van der Waals surface area contributed by atoms with Crippen LogP contribution in [0, 0.1) is 5.92 Å². The molecule has 0 fully saturated rings. The summed E-state index contributed by atoms with van der Waals surface area (Å²) in [6.07, 6.45) is 7.06. The number of ether oxygens (including phenoxy) is 2. The predicted octanol–water partition coefficient (Wildman–Crippen LogP) is 5.38. The second kappa shape index (κ2) is 13.9. The third-order valence-corrected chi connectivity index (χ3v) is 7.87. The topological polar surface area (TPSA) is 115 Å². The smallest absolute Gasteiger partial charge is 0.228 e. The number of benzene rings is 2. The quantitative estimate of drug-likeness (QED) is 0.355. The molecule has 3 heterocycles. The van der Waals surface area contributed by atoms with E-state index in [2.05, 4.69) is 47.7 Å². The summed E-state index contributed by atoms with van der Waals surface area (Å²) in [6.45, 7) is 8.80. The van der Waals surface area contributed by atoms with E-state index in [0.29, 0.717) is 25.4 Å². The number of para-hydroxylation sites is 1. The van der Waals surface area contributed by atoms with Gasteiger partial charge in [-0.25, -0.2) is 4.99 Å². The van der Waals surface area contributed by atoms with Crippen LogP contribution in [0.5, 0.6) is 11.5 Å². The van der Waals surface area contributed by atoms with Crippen molar-refractivity contribution in [2.75, 3.05) is 6.61 Å². The largest absolute Gasteiger partial charge is 0.493 e. The maximum absolute atomic E-state index is 13.1. The number of hydrogen-bond donors (Lipinski definition) is 3. The number of guanidine groups is 1. The first-order valence-corrected chi connectivity index (χ1v) is 15.2. The van der Waals surface area contributed by atoms with Gasteiger partial charge in [0.2, 0.25) is 11.8 Å². The van der Waals surface area contributed by atoms with Crippen LogP contribution in [0.3, 0.4) is 0 Å². The van der Waals surface area contributed by atoms with Crippen molar-refractivity contribution in [2.24, 2.45) is 16.6 Å². The van der Waals surface area contributed by atoms with Crippen molar-refractivity contribution in [1.82, 2.24) is 10.6 Å². The number of carbonyl (C=O) groups excluding carboxylic acids is 2. The zero-order valence-electron chi connectivity index (χ0n) is 25.0. The number of carbonyl (C=O) groups is 2. The van der Waals surface area contributed by atoms with Crippen molar-refractivity contribution >= 4 is 17.8 Å². The molecule has 0 aromatic heterocycles. The molecule has 8 heteroatoms. The number of amides is 2. The number of nitrogens with zero attached hydrogens (tertiary/aromatic N) is 1. The second-order valence-corrected chi connectivity index (χ2v) is 11.8. The van der Waals surface area contributed by atoms with E-state index in [1.54, 1.807) is 0 Å². The van der Waals surface area contributed by atoms with Crippen molar-refractivity contribution in [3.8, 4) is 11.5 Å². The van der Waals surface area contributed by atoms with Gasteiger partial charge in [0.1, 0.15) is 17.1 Å². The summed E-state index contributed by atoms with van der Waals surface area (Å²) in [5.74, 6) is 2.39. The molecule has 0 radical (unpaired) electrons. The van der Waals surface area contributed by atoms with Crippen LogP contribution < -0.4 is 25.8 Å². The molecular weight excluding hydrogens is 516 g/mol. The number of hydrogen-bond acceptors (Lipinski definition) is 6. The highest BCUT2D eigenvalue weighted by Crippen LogP contribution is 2.40. The average Bonchev–Trinajstić information content (AvgIpc) is 2.94. The van der Waals surface area contributed by atoms with E-state index < -0.39 is 0 Å². The molecule has 222 valence electrons. The Bertz CT molecular complexity index is 1240. The van der Waals surface area contributed by atoms with Crippen LogP contribution in [0.4, 0.5) is 0 Å². The molecule has 0 bridgehead atoms. The van der Waals surface area contributed by atoms with Crippen LogP contribution in [-0.4, -0.2) is 36.0 Å². The van der Waals surface area contributed by atoms with Crippen molar-refractivity contribution in [3.05, 3.63) is 59.2 Å². The lowest BCUT2D eigenvalue weighted by Gasteiger charge is -2.38. The van der Waals surface area contributed by atoms with Gasteiger partial charge in [0.15, 0.2) is 5.96 Å². The summed E-state index contributed by atoms with van der Waals surface area (Å²) in [7, 11) is 0. The standard InChI is InChI=1S/C31H40N4O4.C2H6/c1-31(2)18-25(34-28(36)14-12-21-15-22-8-4-6-10-26(22)38-19-21)24-16-20(11-13-27(24)39-31)7-3-5-9-23-17-29(37)35-30(32)33-23;1-2/h4,6,8,10-11,13,16,21,23,25H,3,5,7,9,12,14-15,17-19H2,1-2H3,(H,34,36)(H3,32,33,35,37);1-2H3. The lowest BCUT2D eigenvalue weighted by Crippen LogP contribution is -2.43. The Kier molecular flexibility index (Phi) is 10.3. The minimum absolute atomic E-state index is 0.0348. The fourth-order valence-electron chi connectivity index (χ4n) is 5.92. The summed E-state index contributed by atoms with van der Waals surface area (Å²) in [4.78, 5) is 29.1. The van der Waals surface area contributed by atoms with Crippen molar-refractivity contribution < 1.29 is 19.1 Å². The minimum atomic E-state index is -0.359. The number of nitrogens with two attached hydrogens (primary N) is 1. The Morgan fingerprint density at radius 1 is 1.10 bits per heavy atom. The van der Waals surface area contributed by atoms with Gasteiger partial charge >= 0.3 is 0 Å². The summed E-state index contributed by atoms with van der Waals surface area (Å²) < 4.78 is 12.2. The Morgan fingerprint density at radius 3 is 2.71 bits per heavy atom. The molecule has 0 spiro atoms. The van der Waals surface area contributed by atoms with Gasteiger partial charge < -0.3 is 20.5 Å². The number of fused-ring (bicyclic) bond motifs is 2. The highest BCUT2D eigenvalue weighted by atomic mass is 16.5.